The minimum absolute atomic E-state index is 0.0240. The Kier molecular flexibility index (Phi) is 9.37. The highest BCUT2D eigenvalue weighted by Crippen LogP contribution is 2.29. The van der Waals surface area contributed by atoms with Gasteiger partial charge in [-0.15, -0.1) is 0 Å². The van der Waals surface area contributed by atoms with Gasteiger partial charge in [0.05, 0.1) is 7.11 Å². The summed E-state index contributed by atoms with van der Waals surface area (Å²) in [5.41, 5.74) is 5.31. The first kappa shape index (κ1) is 28.8. The average Bonchev–Trinajstić information content (AvgIpc) is 3.25. The second-order valence-corrected chi connectivity index (χ2v) is 11.4. The van der Waals surface area contributed by atoms with Crippen molar-refractivity contribution in [2.24, 2.45) is 0 Å². The Morgan fingerprint density at radius 1 is 0.902 bits per heavy atom. The van der Waals surface area contributed by atoms with E-state index in [4.69, 9.17) is 4.74 Å². The fourth-order valence-corrected chi connectivity index (χ4v) is 5.92. The van der Waals surface area contributed by atoms with Crippen molar-refractivity contribution in [2.75, 3.05) is 39.8 Å². The van der Waals surface area contributed by atoms with Gasteiger partial charge in [-0.05, 0) is 68.6 Å². The van der Waals surface area contributed by atoms with Gasteiger partial charge in [-0.3, -0.25) is 14.5 Å². The molecule has 2 heterocycles. The third-order valence-corrected chi connectivity index (χ3v) is 8.32. The van der Waals surface area contributed by atoms with Crippen molar-refractivity contribution in [1.29, 1.82) is 0 Å². The predicted molar refractivity (Wildman–Crippen MR) is 162 cm³/mol. The van der Waals surface area contributed by atoms with Crippen LogP contribution in [0.1, 0.15) is 45.5 Å². The largest absolute Gasteiger partial charge is 0.497 e. The summed E-state index contributed by atoms with van der Waals surface area (Å²) >= 11 is 0. The summed E-state index contributed by atoms with van der Waals surface area (Å²) in [5, 5.41) is 3.39. The molecule has 7 heteroatoms. The van der Waals surface area contributed by atoms with E-state index in [1.54, 1.807) is 7.11 Å². The van der Waals surface area contributed by atoms with Crippen LogP contribution in [-0.2, 0) is 17.9 Å². The topological polar surface area (TPSA) is 65.1 Å². The van der Waals surface area contributed by atoms with Gasteiger partial charge < -0.3 is 19.9 Å². The summed E-state index contributed by atoms with van der Waals surface area (Å²) in [7, 11) is 1.68. The van der Waals surface area contributed by atoms with E-state index >= 15 is 0 Å². The van der Waals surface area contributed by atoms with E-state index in [-0.39, 0.29) is 17.9 Å². The zero-order valence-electron chi connectivity index (χ0n) is 24.5. The van der Waals surface area contributed by atoms with E-state index in [0.717, 1.165) is 49.5 Å². The molecular formula is C34H42N4O3. The highest BCUT2D eigenvalue weighted by Gasteiger charge is 2.43. The predicted octanol–water partition coefficient (Wildman–Crippen LogP) is 4.42. The lowest BCUT2D eigenvalue weighted by Crippen LogP contribution is -2.48. The second kappa shape index (κ2) is 13.3. The lowest BCUT2D eigenvalue weighted by Gasteiger charge is -2.29. The summed E-state index contributed by atoms with van der Waals surface area (Å²) in [6.07, 6.45) is 1.53. The van der Waals surface area contributed by atoms with Gasteiger partial charge in [0, 0.05) is 50.9 Å². The Morgan fingerprint density at radius 3 is 2.34 bits per heavy atom. The van der Waals surface area contributed by atoms with Crippen LogP contribution in [0.4, 0.5) is 0 Å². The van der Waals surface area contributed by atoms with Crippen LogP contribution < -0.4 is 10.1 Å². The lowest BCUT2D eigenvalue weighted by atomic mass is 10.1. The van der Waals surface area contributed by atoms with Gasteiger partial charge in [0.1, 0.15) is 11.8 Å². The van der Waals surface area contributed by atoms with Gasteiger partial charge in [0.15, 0.2) is 0 Å². The molecule has 1 N–H and O–H groups in total. The monoisotopic (exact) mass is 554 g/mol. The molecule has 3 aromatic carbocycles. The molecule has 2 atom stereocenters. The number of ether oxygens (including phenoxy) is 1. The van der Waals surface area contributed by atoms with Crippen molar-refractivity contribution in [3.63, 3.8) is 0 Å². The van der Waals surface area contributed by atoms with E-state index in [0.29, 0.717) is 31.6 Å². The molecule has 2 aliphatic rings. The van der Waals surface area contributed by atoms with Crippen LogP contribution in [-0.4, -0.2) is 78.4 Å². The molecule has 0 radical (unpaired) electrons. The minimum atomic E-state index is -0.488. The molecule has 3 aromatic rings. The normalized spacial score (nSPS) is 19.3. The molecule has 2 saturated heterocycles. The van der Waals surface area contributed by atoms with Gasteiger partial charge in [0.25, 0.3) is 5.91 Å². The molecule has 7 nitrogen and oxygen atoms in total. The number of rotatable bonds is 8. The Hall–Kier alpha value is -3.68. The van der Waals surface area contributed by atoms with E-state index in [9.17, 15) is 9.59 Å². The smallest absolute Gasteiger partial charge is 0.254 e. The van der Waals surface area contributed by atoms with E-state index in [1.807, 2.05) is 53.1 Å². The molecule has 0 bridgehead atoms. The Balaban J connectivity index is 1.45. The highest BCUT2D eigenvalue weighted by molar-refractivity contribution is 5.98. The SMILES string of the molecule is COc1cccc(CN(Cc2ccc(C)cc2)C2CC(C(=O)N3CCCNCC3)N(C(=O)c3ccc(C)cc3)C2)c1. The Morgan fingerprint density at radius 2 is 1.61 bits per heavy atom. The summed E-state index contributed by atoms with van der Waals surface area (Å²) < 4.78 is 5.50. The quantitative estimate of drug-likeness (QED) is 0.447. The van der Waals surface area contributed by atoms with Crippen LogP contribution in [0.25, 0.3) is 0 Å². The van der Waals surface area contributed by atoms with Crippen molar-refractivity contribution in [3.05, 3.63) is 101 Å². The van der Waals surface area contributed by atoms with Crippen LogP contribution in [0.5, 0.6) is 5.75 Å². The molecule has 0 spiro atoms. The number of likely N-dealkylation sites (tertiary alicyclic amines) is 1. The fraction of sp³-hybridized carbons (Fsp3) is 0.412. The number of aryl methyl sites for hydroxylation is 2. The molecule has 2 fully saturated rings. The molecular weight excluding hydrogens is 512 g/mol. The number of hydrogen-bond acceptors (Lipinski definition) is 5. The van der Waals surface area contributed by atoms with Crippen molar-refractivity contribution in [1.82, 2.24) is 20.0 Å². The molecule has 41 heavy (non-hydrogen) atoms. The maximum Gasteiger partial charge on any atom is 0.254 e. The molecule has 2 amide bonds. The zero-order chi connectivity index (χ0) is 28.8. The molecule has 0 aromatic heterocycles. The standard InChI is InChI=1S/C34H42N4O3/c1-25-8-12-27(13-9-25)22-37(23-28-6-4-7-31(20-28)41-3)30-21-32(34(40)36-18-5-16-35-17-19-36)38(24-30)33(39)29-14-10-26(2)11-15-29/h4,6-15,20,30,32,35H,5,16-19,21-24H2,1-3H3. The maximum atomic E-state index is 14.0. The third-order valence-electron chi connectivity index (χ3n) is 8.32. The van der Waals surface area contributed by atoms with E-state index < -0.39 is 6.04 Å². The van der Waals surface area contributed by atoms with E-state index in [1.165, 1.54) is 11.1 Å². The molecule has 0 aliphatic carbocycles. The number of methoxy groups -OCH3 is 1. The summed E-state index contributed by atoms with van der Waals surface area (Å²) in [6.45, 7) is 9.11. The third kappa shape index (κ3) is 7.16. The number of nitrogens with zero attached hydrogens (tertiary/aromatic N) is 3. The highest BCUT2D eigenvalue weighted by atomic mass is 16.5. The van der Waals surface area contributed by atoms with Gasteiger partial charge in [-0.2, -0.15) is 0 Å². The van der Waals surface area contributed by atoms with Crippen LogP contribution in [0.2, 0.25) is 0 Å². The molecule has 5 rings (SSSR count). The number of amides is 2. The number of carbonyl (C=O) groups is 2. The fourth-order valence-electron chi connectivity index (χ4n) is 5.92. The van der Waals surface area contributed by atoms with Crippen molar-refractivity contribution in [3.8, 4) is 5.75 Å². The van der Waals surface area contributed by atoms with Crippen molar-refractivity contribution < 1.29 is 14.3 Å². The van der Waals surface area contributed by atoms with E-state index in [2.05, 4.69) is 53.5 Å². The second-order valence-electron chi connectivity index (χ2n) is 11.4. The molecule has 2 unspecified atom stereocenters. The van der Waals surface area contributed by atoms with Crippen molar-refractivity contribution >= 4 is 11.8 Å². The average molecular weight is 555 g/mol. The maximum absolute atomic E-state index is 14.0. The van der Waals surface area contributed by atoms with Gasteiger partial charge >= 0.3 is 0 Å². The molecule has 216 valence electrons. The number of hydrogen-bond donors (Lipinski definition) is 1. The van der Waals surface area contributed by atoms with Crippen LogP contribution in [0.3, 0.4) is 0 Å². The first-order chi connectivity index (χ1) is 19.9. The van der Waals surface area contributed by atoms with Gasteiger partial charge in [-0.1, -0.05) is 59.7 Å². The number of carbonyl (C=O) groups excluding carboxylic acids is 2. The molecule has 2 aliphatic heterocycles. The summed E-state index contributed by atoms with van der Waals surface area (Å²) in [4.78, 5) is 34.2. The minimum Gasteiger partial charge on any atom is -0.497 e. The lowest BCUT2D eigenvalue weighted by molar-refractivity contribution is -0.135. The summed E-state index contributed by atoms with van der Waals surface area (Å²) in [5.74, 6) is 0.812. The first-order valence-corrected chi connectivity index (χ1v) is 14.7. The zero-order valence-corrected chi connectivity index (χ0v) is 24.5. The van der Waals surface area contributed by atoms with Crippen LogP contribution in [0.15, 0.2) is 72.8 Å². The van der Waals surface area contributed by atoms with Gasteiger partial charge in [0.2, 0.25) is 5.91 Å². The van der Waals surface area contributed by atoms with Gasteiger partial charge in [-0.25, -0.2) is 0 Å². The van der Waals surface area contributed by atoms with Crippen molar-refractivity contribution in [2.45, 2.75) is 51.9 Å². The van der Waals surface area contributed by atoms with Crippen LogP contribution in [0, 0.1) is 13.8 Å². The number of nitrogens with one attached hydrogen (secondary N) is 1. The number of benzene rings is 3. The summed E-state index contributed by atoms with van der Waals surface area (Å²) in [6, 6.07) is 24.0. The van der Waals surface area contributed by atoms with Crippen LogP contribution >= 0.6 is 0 Å². The molecule has 0 saturated carbocycles. The Labute approximate surface area is 244 Å². The first-order valence-electron chi connectivity index (χ1n) is 14.7. The Bertz CT molecular complexity index is 1320.